The number of anilines is 2. The average molecular weight is 456 g/mol. The van der Waals surface area contributed by atoms with E-state index in [4.69, 9.17) is 15.2 Å². The van der Waals surface area contributed by atoms with Gasteiger partial charge in [-0.2, -0.15) is 5.10 Å². The number of carbonyl (C=O) groups is 1. The van der Waals surface area contributed by atoms with Crippen molar-refractivity contribution in [2.24, 2.45) is 0 Å². The topological polar surface area (TPSA) is 109 Å². The van der Waals surface area contributed by atoms with Crippen LogP contribution in [0.2, 0.25) is 0 Å². The van der Waals surface area contributed by atoms with Gasteiger partial charge in [0.15, 0.2) is 0 Å². The molecule has 2 N–H and O–H groups in total. The Morgan fingerprint density at radius 2 is 2.09 bits per heavy atom. The van der Waals surface area contributed by atoms with Gasteiger partial charge in [0.25, 0.3) is 0 Å². The van der Waals surface area contributed by atoms with Gasteiger partial charge in [-0.25, -0.2) is 9.97 Å². The van der Waals surface area contributed by atoms with E-state index < -0.39 is 6.61 Å². The largest absolute Gasteiger partial charge is 0.387 e. The average Bonchev–Trinajstić information content (AvgIpc) is 3.33. The summed E-state index contributed by atoms with van der Waals surface area (Å²) < 4.78 is 1.89. The molecule has 9 heteroatoms. The Kier molecular flexibility index (Phi) is 6.01. The second-order valence-corrected chi connectivity index (χ2v) is 8.09. The Hall–Kier alpha value is -4.11. The molecule has 0 fully saturated rings. The van der Waals surface area contributed by atoms with Crippen molar-refractivity contribution in [1.82, 2.24) is 29.6 Å². The second-order valence-electron chi connectivity index (χ2n) is 8.09. The van der Waals surface area contributed by atoms with Crippen molar-refractivity contribution in [3.8, 4) is 22.5 Å². The van der Waals surface area contributed by atoms with Gasteiger partial charge in [0, 0.05) is 61.2 Å². The van der Waals surface area contributed by atoms with E-state index in [0.717, 1.165) is 46.7 Å². The van der Waals surface area contributed by atoms with Gasteiger partial charge in [-0.1, -0.05) is 6.07 Å². The minimum atomic E-state index is -0.456. The molecule has 0 bridgehead atoms. The summed E-state index contributed by atoms with van der Waals surface area (Å²) in [6, 6.07) is 11.8. The maximum absolute atomic E-state index is 11.8. The SMILES string of the molecule is CCn1cc(-c2ccnc(Nc3ccc4c(c3)CCN(C(=O)CO)C4)n2)c(-c2cccnc2)n1. The summed E-state index contributed by atoms with van der Waals surface area (Å²) in [6.07, 6.45) is 8.01. The number of benzene rings is 1. The molecule has 4 aromatic rings. The number of rotatable bonds is 6. The molecular weight excluding hydrogens is 430 g/mol. The molecule has 172 valence electrons. The lowest BCUT2D eigenvalue weighted by molar-refractivity contribution is -0.135. The maximum atomic E-state index is 11.8. The predicted octanol–water partition coefficient (Wildman–Crippen LogP) is 3.04. The number of aromatic nitrogens is 5. The number of fused-ring (bicyclic) bond motifs is 1. The number of aryl methyl sites for hydroxylation is 1. The molecule has 1 aromatic carbocycles. The lowest BCUT2D eigenvalue weighted by Gasteiger charge is -2.28. The van der Waals surface area contributed by atoms with Crippen molar-refractivity contribution in [2.45, 2.75) is 26.4 Å². The number of aliphatic hydroxyl groups excluding tert-OH is 1. The first kappa shape index (κ1) is 21.7. The summed E-state index contributed by atoms with van der Waals surface area (Å²) in [5.41, 5.74) is 6.59. The zero-order valence-corrected chi connectivity index (χ0v) is 18.8. The Morgan fingerprint density at radius 1 is 1.18 bits per heavy atom. The van der Waals surface area contributed by atoms with Crippen LogP contribution in [-0.4, -0.2) is 53.8 Å². The second kappa shape index (κ2) is 9.40. The number of hydrogen-bond acceptors (Lipinski definition) is 7. The van der Waals surface area contributed by atoms with Crippen LogP contribution < -0.4 is 5.32 Å². The van der Waals surface area contributed by atoms with Gasteiger partial charge in [0.05, 0.1) is 5.69 Å². The van der Waals surface area contributed by atoms with Gasteiger partial charge >= 0.3 is 0 Å². The van der Waals surface area contributed by atoms with Crippen LogP contribution >= 0.6 is 0 Å². The van der Waals surface area contributed by atoms with Gasteiger partial charge in [0.2, 0.25) is 11.9 Å². The zero-order valence-electron chi connectivity index (χ0n) is 18.8. The Balaban J connectivity index is 1.40. The van der Waals surface area contributed by atoms with Gasteiger partial charge in [0.1, 0.15) is 12.3 Å². The van der Waals surface area contributed by atoms with Crippen molar-refractivity contribution in [2.75, 3.05) is 18.5 Å². The van der Waals surface area contributed by atoms with E-state index in [0.29, 0.717) is 19.0 Å². The fourth-order valence-corrected chi connectivity index (χ4v) is 4.13. The van der Waals surface area contributed by atoms with Crippen LogP contribution in [0.1, 0.15) is 18.1 Å². The summed E-state index contributed by atoms with van der Waals surface area (Å²) in [5, 5.41) is 17.1. The standard InChI is InChI=1S/C25H25N7O2/c1-2-32-15-21(24(30-32)18-4-3-9-26-13-18)22-7-10-27-25(29-22)28-20-6-5-19-14-31(23(34)16-33)11-8-17(19)12-20/h3-7,9-10,12-13,15,33H,2,8,11,14,16H2,1H3,(H,27,28,29). The first-order valence-corrected chi connectivity index (χ1v) is 11.2. The van der Waals surface area contributed by atoms with Crippen LogP contribution in [0.5, 0.6) is 0 Å². The van der Waals surface area contributed by atoms with Crippen molar-refractivity contribution >= 4 is 17.5 Å². The van der Waals surface area contributed by atoms with Crippen molar-refractivity contribution in [1.29, 1.82) is 0 Å². The van der Waals surface area contributed by atoms with Crippen LogP contribution in [0.15, 0.2) is 61.2 Å². The lowest BCUT2D eigenvalue weighted by atomic mass is 9.99. The summed E-state index contributed by atoms with van der Waals surface area (Å²) in [6.45, 7) is 3.45. The fraction of sp³-hybridized carbons (Fsp3) is 0.240. The molecule has 1 aliphatic rings. The molecule has 3 aromatic heterocycles. The molecule has 1 amide bonds. The summed E-state index contributed by atoms with van der Waals surface area (Å²) in [4.78, 5) is 26.9. The van der Waals surface area contributed by atoms with Crippen LogP contribution in [-0.2, 0) is 24.3 Å². The summed E-state index contributed by atoms with van der Waals surface area (Å²) >= 11 is 0. The molecule has 0 atom stereocenters. The molecule has 0 spiro atoms. The van der Waals surface area contributed by atoms with Gasteiger partial charge in [-0.3, -0.25) is 14.5 Å². The van der Waals surface area contributed by atoms with Crippen molar-refractivity contribution < 1.29 is 9.90 Å². The molecule has 9 nitrogen and oxygen atoms in total. The first-order chi connectivity index (χ1) is 16.6. The minimum Gasteiger partial charge on any atom is -0.387 e. The Bertz CT molecular complexity index is 1320. The third-order valence-electron chi connectivity index (χ3n) is 5.91. The van der Waals surface area contributed by atoms with E-state index >= 15 is 0 Å². The van der Waals surface area contributed by atoms with E-state index in [1.54, 1.807) is 23.5 Å². The van der Waals surface area contributed by atoms with Crippen molar-refractivity contribution in [3.63, 3.8) is 0 Å². The fourth-order valence-electron chi connectivity index (χ4n) is 4.13. The first-order valence-electron chi connectivity index (χ1n) is 11.2. The van der Waals surface area contributed by atoms with Gasteiger partial charge < -0.3 is 15.3 Å². The summed E-state index contributed by atoms with van der Waals surface area (Å²) in [5.74, 6) is 0.252. The van der Waals surface area contributed by atoms with Crippen LogP contribution in [0, 0.1) is 0 Å². The third kappa shape index (κ3) is 4.38. The lowest BCUT2D eigenvalue weighted by Crippen LogP contribution is -2.37. The minimum absolute atomic E-state index is 0.241. The van der Waals surface area contributed by atoms with Crippen molar-refractivity contribution in [3.05, 3.63) is 72.3 Å². The molecule has 34 heavy (non-hydrogen) atoms. The van der Waals surface area contributed by atoms with Crippen LogP contribution in [0.25, 0.3) is 22.5 Å². The monoisotopic (exact) mass is 455 g/mol. The number of carbonyl (C=O) groups excluding carboxylic acids is 1. The van der Waals surface area contributed by atoms with E-state index in [1.165, 1.54) is 5.56 Å². The molecular formula is C25H25N7O2. The number of hydrogen-bond donors (Lipinski definition) is 2. The number of nitrogens with zero attached hydrogens (tertiary/aromatic N) is 6. The number of amides is 1. The van der Waals surface area contributed by atoms with Crippen LogP contribution in [0.4, 0.5) is 11.6 Å². The highest BCUT2D eigenvalue weighted by Gasteiger charge is 2.20. The molecule has 5 rings (SSSR count). The Labute approximate surface area is 197 Å². The Morgan fingerprint density at radius 3 is 2.88 bits per heavy atom. The third-order valence-corrected chi connectivity index (χ3v) is 5.91. The molecule has 0 unspecified atom stereocenters. The number of pyridine rings is 1. The number of nitrogens with one attached hydrogen (secondary N) is 1. The van der Waals surface area contributed by atoms with E-state index in [-0.39, 0.29) is 5.91 Å². The molecule has 4 heterocycles. The predicted molar refractivity (Wildman–Crippen MR) is 128 cm³/mol. The number of aliphatic hydroxyl groups is 1. The molecule has 0 radical (unpaired) electrons. The van der Waals surface area contributed by atoms with Gasteiger partial charge in [-0.05, 0) is 54.8 Å². The molecule has 0 saturated carbocycles. The molecule has 0 saturated heterocycles. The highest BCUT2D eigenvalue weighted by Crippen LogP contribution is 2.30. The van der Waals surface area contributed by atoms with Crippen LogP contribution in [0.3, 0.4) is 0 Å². The highest BCUT2D eigenvalue weighted by molar-refractivity contribution is 5.79. The smallest absolute Gasteiger partial charge is 0.248 e. The van der Waals surface area contributed by atoms with E-state index in [1.807, 2.05) is 48.1 Å². The molecule has 1 aliphatic heterocycles. The quantitative estimate of drug-likeness (QED) is 0.460. The highest BCUT2D eigenvalue weighted by atomic mass is 16.3. The van der Waals surface area contributed by atoms with Gasteiger partial charge in [-0.15, -0.1) is 0 Å². The molecule has 0 aliphatic carbocycles. The zero-order chi connectivity index (χ0) is 23.5. The maximum Gasteiger partial charge on any atom is 0.248 e. The van der Waals surface area contributed by atoms with E-state index in [9.17, 15) is 4.79 Å². The summed E-state index contributed by atoms with van der Waals surface area (Å²) in [7, 11) is 0. The van der Waals surface area contributed by atoms with E-state index in [2.05, 4.69) is 21.4 Å². The normalized spacial score (nSPS) is 12.9.